The second-order valence-corrected chi connectivity index (χ2v) is 5.59. The first-order valence-electron chi connectivity index (χ1n) is 7.83. The molecular formula is C18H14BNO6. The van der Waals surface area contributed by atoms with Crippen LogP contribution >= 0.6 is 0 Å². The summed E-state index contributed by atoms with van der Waals surface area (Å²) in [6.07, 6.45) is 0.270. The van der Waals surface area contributed by atoms with Crippen LogP contribution in [0.1, 0.15) is 17.5 Å². The summed E-state index contributed by atoms with van der Waals surface area (Å²) in [5.74, 6) is 0.770. The van der Waals surface area contributed by atoms with Crippen LogP contribution in [0.15, 0.2) is 36.4 Å². The maximum Gasteiger partial charge on any atom is 0.491 e. The van der Waals surface area contributed by atoms with Gasteiger partial charge in [-0.1, -0.05) is 6.07 Å². The van der Waals surface area contributed by atoms with Gasteiger partial charge < -0.3 is 23.9 Å². The van der Waals surface area contributed by atoms with Crippen LogP contribution in [0.3, 0.4) is 0 Å². The topological polar surface area (TPSA) is 106 Å². The number of hydrogen-bond acceptors (Lipinski definition) is 7. The van der Waals surface area contributed by atoms with Gasteiger partial charge in [0.2, 0.25) is 0 Å². The Hall–Kier alpha value is -3.15. The highest BCUT2D eigenvalue weighted by Crippen LogP contribution is 2.29. The van der Waals surface area contributed by atoms with Crippen molar-refractivity contribution in [1.82, 2.24) is 0 Å². The zero-order valence-corrected chi connectivity index (χ0v) is 13.7. The fraction of sp³-hybridized carbons (Fsp3) is 0.167. The lowest BCUT2D eigenvalue weighted by atomic mass is 9.80. The van der Waals surface area contributed by atoms with Crippen molar-refractivity contribution in [2.45, 2.75) is 13.0 Å². The Morgan fingerprint density at radius 1 is 1.31 bits per heavy atom. The zero-order valence-electron chi connectivity index (χ0n) is 13.7. The molecule has 0 aromatic heterocycles. The van der Waals surface area contributed by atoms with Crippen LogP contribution in [-0.4, -0.2) is 30.8 Å². The van der Waals surface area contributed by atoms with Gasteiger partial charge in [0, 0.05) is 6.07 Å². The molecule has 1 aliphatic heterocycles. The summed E-state index contributed by atoms with van der Waals surface area (Å²) >= 11 is 0. The molecule has 2 aromatic carbocycles. The smallest absolute Gasteiger partial charge is 0.484 e. The predicted molar refractivity (Wildman–Crippen MR) is 91.3 cm³/mol. The minimum atomic E-state index is -0.919. The van der Waals surface area contributed by atoms with Crippen LogP contribution in [0.25, 0.3) is 0 Å². The molecule has 0 atom stereocenters. The number of benzene rings is 2. The molecule has 0 amide bonds. The summed E-state index contributed by atoms with van der Waals surface area (Å²) in [7, 11) is -0.919. The Morgan fingerprint density at radius 3 is 2.85 bits per heavy atom. The second-order valence-electron chi connectivity index (χ2n) is 5.59. The molecule has 0 aliphatic carbocycles. The molecule has 8 heteroatoms. The van der Waals surface area contributed by atoms with Crippen LogP contribution < -0.4 is 14.9 Å². The number of aldehydes is 1. The molecule has 0 unspecified atom stereocenters. The molecule has 0 fully saturated rings. The van der Waals surface area contributed by atoms with Gasteiger partial charge in [0.15, 0.2) is 5.78 Å². The normalized spacial score (nSPS) is 12.2. The third-order valence-corrected chi connectivity index (χ3v) is 3.79. The SMILES string of the molecule is N#Cc1ccc(Oc2ccc3c(c2)COB3O)cc1OCC(=O)CC=O. The van der Waals surface area contributed by atoms with Gasteiger partial charge in [-0.2, -0.15) is 5.26 Å². The van der Waals surface area contributed by atoms with Crippen molar-refractivity contribution in [1.29, 1.82) is 5.26 Å². The van der Waals surface area contributed by atoms with Crippen molar-refractivity contribution in [3.05, 3.63) is 47.5 Å². The minimum absolute atomic E-state index is 0.198. The molecule has 0 radical (unpaired) electrons. The first kappa shape index (κ1) is 17.7. The Kier molecular flexibility index (Phi) is 5.32. The summed E-state index contributed by atoms with van der Waals surface area (Å²) in [5, 5.41) is 18.8. The summed E-state index contributed by atoms with van der Waals surface area (Å²) in [6.45, 7) is -0.000773. The number of Topliss-reactive ketones (excluding diaryl/α,β-unsaturated/α-hetero) is 1. The Balaban J connectivity index is 1.76. The van der Waals surface area contributed by atoms with E-state index in [1.165, 1.54) is 12.1 Å². The summed E-state index contributed by atoms with van der Waals surface area (Å²) < 4.78 is 16.2. The summed E-state index contributed by atoms with van der Waals surface area (Å²) in [6, 6.07) is 11.8. The van der Waals surface area contributed by atoms with E-state index in [-0.39, 0.29) is 30.1 Å². The number of carbonyl (C=O) groups excluding carboxylic acids is 2. The first-order chi connectivity index (χ1) is 12.6. The van der Waals surface area contributed by atoms with E-state index in [9.17, 15) is 14.6 Å². The van der Waals surface area contributed by atoms with E-state index in [2.05, 4.69) is 0 Å². The molecular weight excluding hydrogens is 337 g/mol. The monoisotopic (exact) mass is 351 g/mol. The van der Waals surface area contributed by atoms with Crippen LogP contribution in [0.5, 0.6) is 17.2 Å². The molecule has 0 saturated heterocycles. The van der Waals surface area contributed by atoms with Crippen molar-refractivity contribution in [2.24, 2.45) is 0 Å². The van der Waals surface area contributed by atoms with Gasteiger partial charge in [0.1, 0.15) is 36.2 Å². The van der Waals surface area contributed by atoms with E-state index >= 15 is 0 Å². The molecule has 2 aromatic rings. The number of ether oxygens (including phenoxy) is 2. The van der Waals surface area contributed by atoms with Gasteiger partial charge in [0.25, 0.3) is 0 Å². The molecule has 1 heterocycles. The highest BCUT2D eigenvalue weighted by Gasteiger charge is 2.27. The van der Waals surface area contributed by atoms with Crippen LogP contribution in [-0.2, 0) is 20.9 Å². The van der Waals surface area contributed by atoms with Crippen molar-refractivity contribution in [3.8, 4) is 23.3 Å². The summed E-state index contributed by atoms with van der Waals surface area (Å²) in [4.78, 5) is 21.8. The highest BCUT2D eigenvalue weighted by molar-refractivity contribution is 6.61. The number of hydrogen-bond donors (Lipinski definition) is 1. The Labute approximate surface area is 149 Å². The minimum Gasteiger partial charge on any atom is -0.484 e. The molecule has 7 nitrogen and oxygen atoms in total. The fourth-order valence-corrected chi connectivity index (χ4v) is 2.49. The number of nitriles is 1. The molecule has 130 valence electrons. The maximum absolute atomic E-state index is 11.4. The van der Waals surface area contributed by atoms with Crippen molar-refractivity contribution in [3.63, 3.8) is 0 Å². The second kappa shape index (κ2) is 7.82. The Morgan fingerprint density at radius 2 is 2.08 bits per heavy atom. The van der Waals surface area contributed by atoms with Crippen LogP contribution in [0.2, 0.25) is 0 Å². The number of rotatable bonds is 7. The van der Waals surface area contributed by atoms with Crippen LogP contribution in [0, 0.1) is 11.3 Å². The Bertz CT molecular complexity index is 892. The lowest BCUT2D eigenvalue weighted by Gasteiger charge is -2.11. The molecule has 1 N–H and O–H groups in total. The quantitative estimate of drug-likeness (QED) is 0.452. The van der Waals surface area contributed by atoms with E-state index < -0.39 is 7.12 Å². The van der Waals surface area contributed by atoms with Gasteiger partial charge in [-0.25, -0.2) is 0 Å². The van der Waals surface area contributed by atoms with E-state index in [1.807, 2.05) is 6.07 Å². The lowest BCUT2D eigenvalue weighted by Crippen LogP contribution is -2.27. The third kappa shape index (κ3) is 3.91. The zero-order chi connectivity index (χ0) is 18.5. The van der Waals surface area contributed by atoms with Gasteiger partial charge in [-0.15, -0.1) is 0 Å². The summed E-state index contributed by atoms with van der Waals surface area (Å²) in [5.41, 5.74) is 1.79. The molecule has 26 heavy (non-hydrogen) atoms. The van der Waals surface area contributed by atoms with Crippen molar-refractivity contribution < 1.29 is 28.7 Å². The molecule has 0 spiro atoms. The number of fused-ring (bicyclic) bond motifs is 1. The van der Waals surface area contributed by atoms with E-state index in [4.69, 9.17) is 19.4 Å². The fourth-order valence-electron chi connectivity index (χ4n) is 2.49. The van der Waals surface area contributed by atoms with Gasteiger partial charge in [-0.05, 0) is 35.3 Å². The standard InChI is InChI=1S/C18H14BNO6/c20-9-12-1-2-16(8-18(12)24-11-14(22)5-6-21)26-15-3-4-17-13(7-15)10-25-19(17)23/h1-4,6-8,23H,5,10-11H2. The molecule has 1 aliphatic rings. The van der Waals surface area contributed by atoms with E-state index in [1.54, 1.807) is 24.3 Å². The molecule has 0 bridgehead atoms. The van der Waals surface area contributed by atoms with E-state index in [0.29, 0.717) is 29.9 Å². The van der Waals surface area contributed by atoms with Crippen molar-refractivity contribution in [2.75, 3.05) is 6.61 Å². The molecule has 3 rings (SSSR count). The lowest BCUT2D eigenvalue weighted by molar-refractivity contribution is -0.123. The average molecular weight is 351 g/mol. The van der Waals surface area contributed by atoms with Crippen molar-refractivity contribution >= 4 is 24.7 Å². The predicted octanol–water partition coefficient (Wildman–Crippen LogP) is 1.11. The average Bonchev–Trinajstić information content (AvgIpc) is 3.01. The third-order valence-electron chi connectivity index (χ3n) is 3.79. The molecule has 0 saturated carbocycles. The van der Waals surface area contributed by atoms with Gasteiger partial charge in [0.05, 0.1) is 18.6 Å². The van der Waals surface area contributed by atoms with Gasteiger partial charge in [-0.3, -0.25) is 4.79 Å². The number of carbonyl (C=O) groups is 2. The van der Waals surface area contributed by atoms with Crippen LogP contribution in [0.4, 0.5) is 0 Å². The number of ketones is 1. The van der Waals surface area contributed by atoms with Gasteiger partial charge >= 0.3 is 7.12 Å². The first-order valence-corrected chi connectivity index (χ1v) is 7.83. The van der Waals surface area contributed by atoms with E-state index in [0.717, 1.165) is 5.56 Å². The maximum atomic E-state index is 11.4. The number of nitrogens with zero attached hydrogens (tertiary/aromatic N) is 1. The largest absolute Gasteiger partial charge is 0.491 e. The highest BCUT2D eigenvalue weighted by atomic mass is 16.5.